The largest absolute Gasteiger partial charge is 0.462 e. The summed E-state index contributed by atoms with van der Waals surface area (Å²) in [4.78, 5) is 25.4. The number of carbonyl (C=O) groups is 2. The number of aliphatic hydroxyl groups excluding tert-OH is 3. The van der Waals surface area contributed by atoms with Crippen molar-refractivity contribution in [1.29, 1.82) is 0 Å². The quantitative estimate of drug-likeness (QED) is 0.0199. The van der Waals surface area contributed by atoms with Gasteiger partial charge in [-0.2, -0.15) is 8.42 Å². The molecular weight excluding hydrogens is 777 g/mol. The molecule has 0 aromatic rings. The Labute approximate surface area is 358 Å². The highest BCUT2D eigenvalue weighted by Crippen LogP contribution is 2.24. The SMILES string of the molecule is CCCCC/C=C/C/C=C/CCCCCCCCCC(=O)O[C@H](COC(=O)CCCCCCCCCCCCCCCC)CO[C@H]1O[C@H](CS(=O)(=O)O)[C@@H](O)C(O)C1O. The van der Waals surface area contributed by atoms with Crippen LogP contribution in [-0.4, -0.2) is 96.0 Å². The van der Waals surface area contributed by atoms with E-state index in [9.17, 15) is 37.9 Å². The van der Waals surface area contributed by atoms with Gasteiger partial charge in [-0.3, -0.25) is 14.1 Å². The summed E-state index contributed by atoms with van der Waals surface area (Å²) in [5.74, 6) is -1.98. The zero-order valence-electron chi connectivity index (χ0n) is 36.9. The lowest BCUT2D eigenvalue weighted by molar-refractivity contribution is -0.297. The molecule has 0 bridgehead atoms. The molecule has 0 saturated carbocycles. The van der Waals surface area contributed by atoms with Crippen LogP contribution in [0.25, 0.3) is 0 Å². The van der Waals surface area contributed by atoms with Crippen molar-refractivity contribution in [2.24, 2.45) is 0 Å². The Balaban J connectivity index is 2.43. The fourth-order valence-corrected chi connectivity index (χ4v) is 7.81. The highest BCUT2D eigenvalue weighted by Gasteiger charge is 2.46. The van der Waals surface area contributed by atoms with E-state index in [-0.39, 0.29) is 19.4 Å². The van der Waals surface area contributed by atoms with Crippen LogP contribution in [-0.2, 0) is 38.7 Å². The van der Waals surface area contributed by atoms with E-state index >= 15 is 0 Å². The second-order valence-corrected chi connectivity index (χ2v) is 17.9. The lowest BCUT2D eigenvalue weighted by Gasteiger charge is -2.40. The number of aliphatic hydroxyl groups is 3. The van der Waals surface area contributed by atoms with Crippen LogP contribution < -0.4 is 0 Å². The lowest BCUT2D eigenvalue weighted by Crippen LogP contribution is -2.60. The number of allylic oxidation sites excluding steroid dienone is 4. The Bertz CT molecular complexity index is 1190. The van der Waals surface area contributed by atoms with E-state index in [1.54, 1.807) is 0 Å². The topological polar surface area (TPSA) is 186 Å². The van der Waals surface area contributed by atoms with Crippen molar-refractivity contribution in [3.8, 4) is 0 Å². The monoisotopic (exact) mass is 861 g/mol. The summed E-state index contributed by atoms with van der Waals surface area (Å²) in [5, 5.41) is 30.9. The number of rotatable bonds is 39. The standard InChI is InChI=1S/C46H84O12S/c1-3-5-7-9-11-13-15-17-19-20-21-23-25-27-29-31-33-35-42(48)57-39(37-56-46-45(51)44(50)43(49)40(58-46)38-59(52,53)54)36-55-41(47)34-32-30-28-26-24-22-18-16-14-12-10-8-6-4-2/h11,13,17,19,39-40,43-46,49-51H,3-10,12,14-16,18,20-38H2,1-2H3,(H,52,53,54)/b13-11+,19-17+/t39-,40-,43-,44?,45?,46+/m1/s1. The first-order chi connectivity index (χ1) is 28.5. The fourth-order valence-electron chi connectivity index (χ4n) is 7.12. The number of hydrogen-bond donors (Lipinski definition) is 4. The van der Waals surface area contributed by atoms with Crippen molar-refractivity contribution in [3.63, 3.8) is 0 Å². The van der Waals surface area contributed by atoms with Gasteiger partial charge in [0.1, 0.15) is 36.8 Å². The molecule has 0 aliphatic carbocycles. The maximum atomic E-state index is 12.8. The molecule has 346 valence electrons. The zero-order valence-corrected chi connectivity index (χ0v) is 37.7. The Kier molecular flexibility index (Phi) is 34.4. The Morgan fingerprint density at radius 1 is 0.576 bits per heavy atom. The average molecular weight is 861 g/mol. The molecule has 1 aliphatic heterocycles. The van der Waals surface area contributed by atoms with Crippen LogP contribution in [0.15, 0.2) is 24.3 Å². The van der Waals surface area contributed by atoms with E-state index in [1.807, 2.05) is 0 Å². The molecule has 13 heteroatoms. The molecule has 1 aliphatic rings. The van der Waals surface area contributed by atoms with Crippen molar-refractivity contribution in [3.05, 3.63) is 24.3 Å². The van der Waals surface area contributed by atoms with Gasteiger partial charge in [0.2, 0.25) is 0 Å². The molecule has 1 rings (SSSR count). The van der Waals surface area contributed by atoms with Crippen molar-refractivity contribution in [2.75, 3.05) is 19.0 Å². The first kappa shape index (κ1) is 55.1. The lowest BCUT2D eigenvalue weighted by atomic mass is 10.00. The number of carbonyl (C=O) groups excluding carboxylic acids is 2. The molecule has 1 heterocycles. The predicted octanol–water partition coefficient (Wildman–Crippen LogP) is 9.62. The third kappa shape index (κ3) is 31.6. The van der Waals surface area contributed by atoms with Gasteiger partial charge in [-0.25, -0.2) is 0 Å². The molecule has 59 heavy (non-hydrogen) atoms. The maximum absolute atomic E-state index is 12.8. The van der Waals surface area contributed by atoms with Gasteiger partial charge in [0.25, 0.3) is 10.1 Å². The van der Waals surface area contributed by atoms with Gasteiger partial charge >= 0.3 is 11.9 Å². The maximum Gasteiger partial charge on any atom is 0.306 e. The van der Waals surface area contributed by atoms with Crippen LogP contribution in [0.2, 0.25) is 0 Å². The third-order valence-electron chi connectivity index (χ3n) is 10.8. The minimum absolute atomic E-state index is 0.158. The van der Waals surface area contributed by atoms with Crippen molar-refractivity contribution in [2.45, 2.75) is 237 Å². The predicted molar refractivity (Wildman–Crippen MR) is 233 cm³/mol. The van der Waals surface area contributed by atoms with Crippen LogP contribution in [0.1, 0.15) is 200 Å². The normalized spacial score (nSPS) is 20.4. The summed E-state index contributed by atoms with van der Waals surface area (Å²) in [6, 6.07) is 0. The molecule has 12 nitrogen and oxygen atoms in total. The summed E-state index contributed by atoms with van der Waals surface area (Å²) >= 11 is 0. The van der Waals surface area contributed by atoms with Gasteiger partial charge in [0, 0.05) is 12.8 Å². The second kappa shape index (κ2) is 36.8. The van der Waals surface area contributed by atoms with Crippen LogP contribution >= 0.6 is 0 Å². The minimum atomic E-state index is -4.60. The summed E-state index contributed by atoms with van der Waals surface area (Å²) in [6.07, 6.45) is 30.7. The Hall–Kier alpha value is -1.87. The zero-order chi connectivity index (χ0) is 43.4. The van der Waals surface area contributed by atoms with Crippen LogP contribution in [0.4, 0.5) is 0 Å². The van der Waals surface area contributed by atoms with E-state index < -0.39 is 71.2 Å². The van der Waals surface area contributed by atoms with E-state index in [4.69, 9.17) is 18.9 Å². The summed E-state index contributed by atoms with van der Waals surface area (Å²) in [6.45, 7) is 3.74. The first-order valence-electron chi connectivity index (χ1n) is 23.4. The van der Waals surface area contributed by atoms with Crippen LogP contribution in [0, 0.1) is 0 Å². The molecule has 0 radical (unpaired) electrons. The van der Waals surface area contributed by atoms with Crippen LogP contribution in [0.5, 0.6) is 0 Å². The van der Waals surface area contributed by atoms with E-state index in [0.29, 0.717) is 12.8 Å². The van der Waals surface area contributed by atoms with Gasteiger partial charge in [-0.05, 0) is 44.9 Å². The summed E-state index contributed by atoms with van der Waals surface area (Å²) in [7, 11) is -4.60. The van der Waals surface area contributed by atoms with Crippen LogP contribution in [0.3, 0.4) is 0 Å². The molecule has 4 N–H and O–H groups in total. The highest BCUT2D eigenvalue weighted by atomic mass is 32.2. The van der Waals surface area contributed by atoms with Gasteiger partial charge in [-0.1, -0.05) is 167 Å². The third-order valence-corrected chi connectivity index (χ3v) is 11.5. The average Bonchev–Trinajstić information content (AvgIpc) is 3.20. The van der Waals surface area contributed by atoms with Crippen molar-refractivity contribution in [1.82, 2.24) is 0 Å². The molecule has 6 atom stereocenters. The summed E-state index contributed by atoms with van der Waals surface area (Å²) in [5.41, 5.74) is 0. The first-order valence-corrected chi connectivity index (χ1v) is 25.0. The minimum Gasteiger partial charge on any atom is -0.462 e. The number of unbranched alkanes of at least 4 members (excludes halogenated alkanes) is 23. The molecule has 0 aromatic carbocycles. The highest BCUT2D eigenvalue weighted by molar-refractivity contribution is 7.85. The van der Waals surface area contributed by atoms with E-state index in [1.165, 1.54) is 103 Å². The molecule has 1 saturated heterocycles. The molecule has 0 aromatic heterocycles. The molecule has 2 unspecified atom stereocenters. The van der Waals surface area contributed by atoms with Gasteiger partial charge in [0.05, 0.1) is 6.61 Å². The Morgan fingerprint density at radius 3 is 1.53 bits per heavy atom. The van der Waals surface area contributed by atoms with Gasteiger partial charge < -0.3 is 34.3 Å². The molecule has 1 fully saturated rings. The molecular formula is C46H84O12S. The number of ether oxygens (including phenoxy) is 4. The van der Waals surface area contributed by atoms with Gasteiger partial charge in [0.15, 0.2) is 12.4 Å². The number of esters is 2. The van der Waals surface area contributed by atoms with Crippen molar-refractivity contribution >= 4 is 22.1 Å². The second-order valence-electron chi connectivity index (χ2n) is 16.4. The smallest absolute Gasteiger partial charge is 0.306 e. The molecule has 0 spiro atoms. The number of hydrogen-bond acceptors (Lipinski definition) is 11. The Morgan fingerprint density at radius 2 is 1.02 bits per heavy atom. The fraction of sp³-hybridized carbons (Fsp3) is 0.870. The summed E-state index contributed by atoms with van der Waals surface area (Å²) < 4.78 is 54.1. The van der Waals surface area contributed by atoms with E-state index in [2.05, 4.69) is 38.2 Å². The van der Waals surface area contributed by atoms with Gasteiger partial charge in [-0.15, -0.1) is 0 Å². The molecule has 0 amide bonds. The van der Waals surface area contributed by atoms with E-state index in [0.717, 1.165) is 57.8 Å². The van der Waals surface area contributed by atoms with Crippen molar-refractivity contribution < 1.29 is 56.8 Å².